The van der Waals surface area contributed by atoms with Crippen molar-refractivity contribution in [2.75, 3.05) is 32.9 Å². The van der Waals surface area contributed by atoms with E-state index in [0.717, 1.165) is 0 Å². The summed E-state index contributed by atoms with van der Waals surface area (Å²) in [5.41, 5.74) is 5.47. The molecule has 0 aromatic heterocycles. The van der Waals surface area contributed by atoms with E-state index in [1.54, 1.807) is 4.90 Å². The molecule has 0 aliphatic carbocycles. The molecule has 5 nitrogen and oxygen atoms in total. The summed E-state index contributed by atoms with van der Waals surface area (Å²) in [7, 11) is 0. The molecule has 0 bridgehead atoms. The molecule has 1 atom stereocenters. The van der Waals surface area contributed by atoms with Crippen LogP contribution < -0.4 is 5.73 Å². The number of nitrogens with zero attached hydrogens (tertiary/aromatic N) is 1. The fraction of sp³-hybridized carbons (Fsp3) is 0.778. The lowest BCUT2D eigenvalue weighted by Gasteiger charge is -2.32. The zero-order valence-corrected chi connectivity index (χ0v) is 9.59. The first kappa shape index (κ1) is 12.4. The molecule has 15 heavy (non-hydrogen) atoms. The lowest BCUT2D eigenvalue weighted by atomic mass is 10.2. The maximum absolute atomic E-state index is 11.6. The van der Waals surface area contributed by atoms with E-state index in [2.05, 4.69) is 0 Å². The Morgan fingerprint density at radius 1 is 1.73 bits per heavy atom. The predicted octanol–water partition coefficient (Wildman–Crippen LogP) is -0.464. The van der Waals surface area contributed by atoms with Crippen LogP contribution in [0, 0.1) is 0 Å². The topological polar surface area (TPSA) is 64.8 Å². The largest absolute Gasteiger partial charge is 0.391 e. The third-order valence-electron chi connectivity index (χ3n) is 2.17. The van der Waals surface area contributed by atoms with Crippen LogP contribution in [-0.2, 0) is 14.3 Å². The van der Waals surface area contributed by atoms with Gasteiger partial charge in [-0.25, -0.2) is 0 Å². The molecule has 6 heteroatoms. The van der Waals surface area contributed by atoms with Crippen molar-refractivity contribution in [3.63, 3.8) is 0 Å². The molecule has 0 spiro atoms. The first-order valence-electron chi connectivity index (χ1n) is 4.91. The number of carbonyl (C=O) groups excluding carboxylic acids is 1. The average molecular weight is 232 g/mol. The highest BCUT2D eigenvalue weighted by molar-refractivity contribution is 7.80. The van der Waals surface area contributed by atoms with Crippen molar-refractivity contribution in [2.24, 2.45) is 5.73 Å². The van der Waals surface area contributed by atoms with Crippen LogP contribution >= 0.6 is 12.2 Å². The molecule has 0 radical (unpaired) electrons. The molecular formula is C9H16N2O3S. The highest BCUT2D eigenvalue weighted by Crippen LogP contribution is 2.05. The van der Waals surface area contributed by atoms with Gasteiger partial charge in [0.15, 0.2) is 0 Å². The van der Waals surface area contributed by atoms with Crippen molar-refractivity contribution in [3.8, 4) is 0 Å². The molecule has 1 aliphatic heterocycles. The average Bonchev–Trinajstić information content (AvgIpc) is 2.26. The smallest absolute Gasteiger partial charge is 0.248 e. The fourth-order valence-electron chi connectivity index (χ4n) is 1.33. The van der Waals surface area contributed by atoms with Gasteiger partial charge in [-0.15, -0.1) is 0 Å². The minimum Gasteiger partial charge on any atom is -0.391 e. The van der Waals surface area contributed by atoms with Gasteiger partial charge in [-0.05, 0) is 6.92 Å². The van der Waals surface area contributed by atoms with Crippen LogP contribution in [0.25, 0.3) is 0 Å². The van der Waals surface area contributed by atoms with Gasteiger partial charge in [0, 0.05) is 13.2 Å². The molecule has 1 amide bonds. The number of rotatable bonds is 4. The molecule has 1 unspecified atom stereocenters. The first-order valence-corrected chi connectivity index (χ1v) is 5.32. The molecule has 1 heterocycles. The number of amides is 1. The van der Waals surface area contributed by atoms with Gasteiger partial charge in [-0.3, -0.25) is 4.79 Å². The van der Waals surface area contributed by atoms with E-state index in [0.29, 0.717) is 31.3 Å². The maximum Gasteiger partial charge on any atom is 0.248 e. The highest BCUT2D eigenvalue weighted by atomic mass is 32.1. The van der Waals surface area contributed by atoms with Crippen molar-refractivity contribution in [1.82, 2.24) is 4.90 Å². The van der Waals surface area contributed by atoms with Crippen molar-refractivity contribution in [2.45, 2.75) is 13.0 Å². The van der Waals surface area contributed by atoms with Crippen LogP contribution in [-0.4, -0.2) is 54.8 Å². The Morgan fingerprint density at radius 2 is 2.47 bits per heavy atom. The Bertz CT molecular complexity index is 248. The van der Waals surface area contributed by atoms with Crippen molar-refractivity contribution < 1.29 is 14.3 Å². The Morgan fingerprint density at radius 3 is 3.07 bits per heavy atom. The van der Waals surface area contributed by atoms with Crippen LogP contribution in [0.15, 0.2) is 0 Å². The van der Waals surface area contributed by atoms with Gasteiger partial charge < -0.3 is 20.1 Å². The zero-order chi connectivity index (χ0) is 11.3. The summed E-state index contributed by atoms with van der Waals surface area (Å²) in [5, 5.41) is 0. The Hall–Kier alpha value is -0.720. The highest BCUT2D eigenvalue weighted by Gasteiger charge is 2.25. The van der Waals surface area contributed by atoms with Crippen LogP contribution in [0.4, 0.5) is 0 Å². The van der Waals surface area contributed by atoms with Gasteiger partial charge in [0.05, 0.1) is 13.2 Å². The molecule has 0 aromatic carbocycles. The van der Waals surface area contributed by atoms with E-state index in [1.165, 1.54) is 0 Å². The third kappa shape index (κ3) is 3.73. The SMILES string of the molecule is CCOCC(=O)N1CCOC(C(N)=S)C1. The number of carbonyl (C=O) groups is 1. The van der Waals surface area contributed by atoms with Crippen molar-refractivity contribution in [3.05, 3.63) is 0 Å². The number of hydrogen-bond donors (Lipinski definition) is 1. The summed E-state index contributed by atoms with van der Waals surface area (Å²) in [6.07, 6.45) is -0.320. The van der Waals surface area contributed by atoms with E-state index >= 15 is 0 Å². The molecule has 2 N–H and O–H groups in total. The second-order valence-corrected chi connectivity index (χ2v) is 3.71. The van der Waals surface area contributed by atoms with Gasteiger partial charge in [0.25, 0.3) is 0 Å². The molecule has 86 valence electrons. The van der Waals surface area contributed by atoms with E-state index in [1.807, 2.05) is 6.92 Å². The zero-order valence-electron chi connectivity index (χ0n) is 8.77. The van der Waals surface area contributed by atoms with E-state index in [9.17, 15) is 4.79 Å². The predicted molar refractivity (Wildman–Crippen MR) is 59.6 cm³/mol. The molecular weight excluding hydrogens is 216 g/mol. The molecule has 1 rings (SSSR count). The van der Waals surface area contributed by atoms with Gasteiger partial charge in [-0.1, -0.05) is 12.2 Å². The normalized spacial score (nSPS) is 21.4. The second-order valence-electron chi connectivity index (χ2n) is 3.24. The van der Waals surface area contributed by atoms with Gasteiger partial charge in [0.1, 0.15) is 17.7 Å². The quantitative estimate of drug-likeness (QED) is 0.664. The van der Waals surface area contributed by atoms with E-state index < -0.39 is 0 Å². The number of thiocarbonyl (C=S) groups is 1. The van der Waals surface area contributed by atoms with Crippen molar-refractivity contribution in [1.29, 1.82) is 0 Å². The first-order chi connectivity index (χ1) is 7.15. The van der Waals surface area contributed by atoms with Crippen LogP contribution in [0.5, 0.6) is 0 Å². The van der Waals surface area contributed by atoms with Crippen LogP contribution in [0.3, 0.4) is 0 Å². The maximum atomic E-state index is 11.6. The van der Waals surface area contributed by atoms with E-state index in [4.69, 9.17) is 27.4 Å². The third-order valence-corrected chi connectivity index (χ3v) is 2.43. The summed E-state index contributed by atoms with van der Waals surface area (Å²) in [6.45, 7) is 3.98. The summed E-state index contributed by atoms with van der Waals surface area (Å²) in [4.78, 5) is 13.6. The lowest BCUT2D eigenvalue weighted by molar-refractivity contribution is -0.141. The molecule has 0 aromatic rings. The summed E-state index contributed by atoms with van der Waals surface area (Å²) >= 11 is 4.83. The number of nitrogens with two attached hydrogens (primary N) is 1. The molecule has 1 aliphatic rings. The number of ether oxygens (including phenoxy) is 2. The number of hydrogen-bond acceptors (Lipinski definition) is 4. The Balaban J connectivity index is 2.41. The summed E-state index contributed by atoms with van der Waals surface area (Å²) < 4.78 is 10.4. The molecule has 0 saturated carbocycles. The fourth-order valence-corrected chi connectivity index (χ4v) is 1.47. The summed E-state index contributed by atoms with van der Waals surface area (Å²) in [6, 6.07) is 0. The Labute approximate surface area is 94.5 Å². The minimum atomic E-state index is -0.320. The minimum absolute atomic E-state index is 0.0404. The molecule has 1 saturated heterocycles. The monoisotopic (exact) mass is 232 g/mol. The van der Waals surface area contributed by atoms with Gasteiger partial charge >= 0.3 is 0 Å². The standard InChI is InChI=1S/C9H16N2O3S/c1-2-13-6-8(12)11-3-4-14-7(5-11)9(10)15/h7H,2-6H2,1H3,(H2,10,15). The second kappa shape index (κ2) is 5.99. The van der Waals surface area contributed by atoms with Gasteiger partial charge in [-0.2, -0.15) is 0 Å². The number of morpholine rings is 1. The van der Waals surface area contributed by atoms with Gasteiger partial charge in [0.2, 0.25) is 5.91 Å². The van der Waals surface area contributed by atoms with Crippen LogP contribution in [0.2, 0.25) is 0 Å². The molecule has 1 fully saturated rings. The Kier molecular flexibility index (Phi) is 4.93. The van der Waals surface area contributed by atoms with Crippen molar-refractivity contribution >= 4 is 23.1 Å². The van der Waals surface area contributed by atoms with Crippen LogP contribution in [0.1, 0.15) is 6.92 Å². The van der Waals surface area contributed by atoms with E-state index in [-0.39, 0.29) is 18.6 Å². The summed E-state index contributed by atoms with van der Waals surface area (Å²) in [5.74, 6) is -0.0404. The lowest BCUT2D eigenvalue weighted by Crippen LogP contribution is -2.50.